The average Bonchev–Trinajstić information content (AvgIpc) is 3.13. The number of amides is 2. The van der Waals surface area contributed by atoms with Gasteiger partial charge in [0.1, 0.15) is 5.75 Å². The van der Waals surface area contributed by atoms with E-state index in [0.717, 1.165) is 49.0 Å². The maximum Gasteiger partial charge on any atom is 0.321 e. The minimum atomic E-state index is -0.0723. The Morgan fingerprint density at radius 1 is 1.07 bits per heavy atom. The molecule has 1 N–H and O–H groups in total. The van der Waals surface area contributed by atoms with Gasteiger partial charge in [0.05, 0.1) is 18.1 Å². The van der Waals surface area contributed by atoms with Gasteiger partial charge < -0.3 is 24.4 Å². The largest absolute Gasteiger partial charge is 0.497 e. The predicted molar refractivity (Wildman–Crippen MR) is 116 cm³/mol. The zero-order valence-electron chi connectivity index (χ0n) is 17.0. The lowest BCUT2D eigenvalue weighted by Gasteiger charge is -2.35. The van der Waals surface area contributed by atoms with Gasteiger partial charge in [0.2, 0.25) is 5.95 Å². The fraction of sp³-hybridized carbons (Fsp3) is 0.364. The highest BCUT2D eigenvalue weighted by Gasteiger charge is 2.24. The Bertz CT molecular complexity index is 975. The number of para-hydroxylation sites is 2. The smallest absolute Gasteiger partial charge is 0.321 e. The van der Waals surface area contributed by atoms with Crippen molar-refractivity contribution in [3.05, 3.63) is 48.5 Å². The van der Waals surface area contributed by atoms with Crippen molar-refractivity contribution < 1.29 is 9.53 Å². The second-order valence-electron chi connectivity index (χ2n) is 7.18. The summed E-state index contributed by atoms with van der Waals surface area (Å²) >= 11 is 0. The highest BCUT2D eigenvalue weighted by atomic mass is 16.5. The van der Waals surface area contributed by atoms with Gasteiger partial charge in [-0.3, -0.25) is 0 Å². The normalized spacial score (nSPS) is 14.3. The lowest BCUT2D eigenvalue weighted by atomic mass is 10.3. The topological polar surface area (TPSA) is 62.6 Å². The molecule has 1 aromatic heterocycles. The summed E-state index contributed by atoms with van der Waals surface area (Å²) in [6.07, 6.45) is 1.05. The van der Waals surface area contributed by atoms with Crippen molar-refractivity contribution in [1.29, 1.82) is 0 Å². The molecule has 0 radical (unpaired) electrons. The van der Waals surface area contributed by atoms with Gasteiger partial charge in [-0.2, -0.15) is 0 Å². The van der Waals surface area contributed by atoms with Gasteiger partial charge in [0, 0.05) is 38.4 Å². The van der Waals surface area contributed by atoms with Crippen LogP contribution in [0.15, 0.2) is 48.5 Å². The van der Waals surface area contributed by atoms with E-state index in [-0.39, 0.29) is 6.03 Å². The number of methoxy groups -OCH3 is 1. The summed E-state index contributed by atoms with van der Waals surface area (Å²) in [7, 11) is 1.63. The van der Waals surface area contributed by atoms with E-state index in [1.165, 1.54) is 5.52 Å². The van der Waals surface area contributed by atoms with Crippen molar-refractivity contribution in [2.45, 2.75) is 19.9 Å². The molecule has 7 heteroatoms. The van der Waals surface area contributed by atoms with Crippen LogP contribution in [0.3, 0.4) is 0 Å². The van der Waals surface area contributed by atoms with Gasteiger partial charge in [-0.05, 0) is 42.8 Å². The summed E-state index contributed by atoms with van der Waals surface area (Å²) in [6.45, 7) is 5.98. The van der Waals surface area contributed by atoms with Crippen LogP contribution in [0.1, 0.15) is 13.3 Å². The standard InChI is InChI=1S/C22H27N5O2/c1-3-12-27-20-7-5-4-6-19(20)24-21(27)25-13-15-26(16-14-25)22(28)23-17-8-10-18(29-2)11-9-17/h4-11H,3,12-16H2,1-2H3,(H,23,28). The maximum atomic E-state index is 12.6. The van der Waals surface area contributed by atoms with E-state index in [1.807, 2.05) is 35.2 Å². The Kier molecular flexibility index (Phi) is 5.55. The first kappa shape index (κ1) is 19.1. The SMILES string of the molecule is CCCn1c(N2CCN(C(=O)Nc3ccc(OC)cc3)CC2)nc2ccccc21. The van der Waals surface area contributed by atoms with E-state index >= 15 is 0 Å². The van der Waals surface area contributed by atoms with Crippen LogP contribution in [0.2, 0.25) is 0 Å². The molecule has 4 rings (SSSR count). The molecule has 0 bridgehead atoms. The number of ether oxygens (including phenoxy) is 1. The molecule has 1 fully saturated rings. The van der Waals surface area contributed by atoms with E-state index in [1.54, 1.807) is 7.11 Å². The number of urea groups is 1. The number of carbonyl (C=O) groups excluding carboxylic acids is 1. The second-order valence-corrected chi connectivity index (χ2v) is 7.18. The lowest BCUT2D eigenvalue weighted by Crippen LogP contribution is -2.50. The summed E-state index contributed by atoms with van der Waals surface area (Å²) in [4.78, 5) is 21.6. The van der Waals surface area contributed by atoms with Crippen molar-refractivity contribution in [3.63, 3.8) is 0 Å². The van der Waals surface area contributed by atoms with Crippen molar-refractivity contribution >= 4 is 28.7 Å². The number of aromatic nitrogens is 2. The molecule has 0 aliphatic carbocycles. The zero-order chi connectivity index (χ0) is 20.2. The molecular formula is C22H27N5O2. The molecule has 2 amide bonds. The highest BCUT2D eigenvalue weighted by molar-refractivity contribution is 5.89. The molecule has 1 saturated heterocycles. The molecule has 0 atom stereocenters. The van der Waals surface area contributed by atoms with Gasteiger partial charge in [0.15, 0.2) is 0 Å². The number of fused-ring (bicyclic) bond motifs is 1. The first-order chi connectivity index (χ1) is 14.2. The first-order valence-electron chi connectivity index (χ1n) is 10.1. The van der Waals surface area contributed by atoms with Crippen LogP contribution in [-0.4, -0.2) is 53.8 Å². The summed E-state index contributed by atoms with van der Waals surface area (Å²) in [5.41, 5.74) is 2.96. The minimum Gasteiger partial charge on any atom is -0.497 e. The number of imidazole rings is 1. The monoisotopic (exact) mass is 393 g/mol. The van der Waals surface area contributed by atoms with E-state index < -0.39 is 0 Å². The molecule has 1 aliphatic rings. The number of benzene rings is 2. The Morgan fingerprint density at radius 2 is 1.79 bits per heavy atom. The molecule has 3 aromatic rings. The van der Waals surface area contributed by atoms with Crippen molar-refractivity contribution in [3.8, 4) is 5.75 Å². The number of nitrogens with zero attached hydrogens (tertiary/aromatic N) is 4. The molecule has 29 heavy (non-hydrogen) atoms. The van der Waals surface area contributed by atoms with Crippen LogP contribution in [-0.2, 0) is 6.54 Å². The Labute approximate surface area is 170 Å². The van der Waals surface area contributed by atoms with Crippen LogP contribution in [0.4, 0.5) is 16.4 Å². The lowest BCUT2D eigenvalue weighted by molar-refractivity contribution is 0.208. The Morgan fingerprint density at radius 3 is 2.48 bits per heavy atom. The van der Waals surface area contributed by atoms with Crippen molar-refractivity contribution in [2.75, 3.05) is 43.5 Å². The van der Waals surface area contributed by atoms with Gasteiger partial charge in [-0.25, -0.2) is 9.78 Å². The molecule has 7 nitrogen and oxygen atoms in total. The van der Waals surface area contributed by atoms with Crippen LogP contribution < -0.4 is 15.0 Å². The number of rotatable bonds is 5. The van der Waals surface area contributed by atoms with Gasteiger partial charge in [-0.15, -0.1) is 0 Å². The number of nitrogens with one attached hydrogen (secondary N) is 1. The predicted octanol–water partition coefficient (Wildman–Crippen LogP) is 3.81. The number of aryl methyl sites for hydroxylation is 1. The third-order valence-corrected chi connectivity index (χ3v) is 5.27. The van der Waals surface area contributed by atoms with E-state index in [4.69, 9.17) is 9.72 Å². The molecule has 2 aromatic carbocycles. The number of hydrogen-bond donors (Lipinski definition) is 1. The first-order valence-corrected chi connectivity index (χ1v) is 10.1. The molecule has 0 saturated carbocycles. The van der Waals surface area contributed by atoms with E-state index in [0.29, 0.717) is 13.1 Å². The molecule has 0 spiro atoms. The fourth-order valence-electron chi connectivity index (χ4n) is 3.73. The van der Waals surface area contributed by atoms with Gasteiger partial charge in [0.25, 0.3) is 0 Å². The second kappa shape index (κ2) is 8.43. The average molecular weight is 393 g/mol. The van der Waals surface area contributed by atoms with Crippen molar-refractivity contribution in [1.82, 2.24) is 14.5 Å². The van der Waals surface area contributed by atoms with Gasteiger partial charge in [-0.1, -0.05) is 19.1 Å². The molecular weight excluding hydrogens is 366 g/mol. The van der Waals surface area contributed by atoms with E-state index in [9.17, 15) is 4.79 Å². The van der Waals surface area contributed by atoms with Crippen LogP contribution in [0.5, 0.6) is 5.75 Å². The third kappa shape index (κ3) is 3.99. The van der Waals surface area contributed by atoms with Gasteiger partial charge >= 0.3 is 6.03 Å². The number of anilines is 2. The summed E-state index contributed by atoms with van der Waals surface area (Å²) in [6, 6.07) is 15.6. The van der Waals surface area contributed by atoms with E-state index in [2.05, 4.69) is 39.9 Å². The molecule has 0 unspecified atom stereocenters. The van der Waals surface area contributed by atoms with Crippen molar-refractivity contribution in [2.24, 2.45) is 0 Å². The molecule has 152 valence electrons. The van der Waals surface area contributed by atoms with Crippen LogP contribution in [0.25, 0.3) is 11.0 Å². The number of piperazine rings is 1. The zero-order valence-corrected chi connectivity index (χ0v) is 17.0. The highest BCUT2D eigenvalue weighted by Crippen LogP contribution is 2.24. The Hall–Kier alpha value is -3.22. The quantitative estimate of drug-likeness (QED) is 0.716. The summed E-state index contributed by atoms with van der Waals surface area (Å²) < 4.78 is 7.45. The van der Waals surface area contributed by atoms with Crippen LogP contribution in [0, 0.1) is 0 Å². The summed E-state index contributed by atoms with van der Waals surface area (Å²) in [5.74, 6) is 1.77. The molecule has 1 aliphatic heterocycles. The number of hydrogen-bond acceptors (Lipinski definition) is 4. The minimum absolute atomic E-state index is 0.0723. The fourth-order valence-corrected chi connectivity index (χ4v) is 3.73. The third-order valence-electron chi connectivity index (χ3n) is 5.27. The van der Waals surface area contributed by atoms with Crippen LogP contribution >= 0.6 is 0 Å². The maximum absolute atomic E-state index is 12.6. The summed E-state index contributed by atoms with van der Waals surface area (Å²) in [5, 5.41) is 2.96. The Balaban J connectivity index is 1.42. The molecule has 2 heterocycles. The number of carbonyl (C=O) groups is 1.